The van der Waals surface area contributed by atoms with E-state index in [1.807, 2.05) is 6.92 Å². The number of rotatable bonds is 7. The van der Waals surface area contributed by atoms with Crippen molar-refractivity contribution in [3.8, 4) is 0 Å². The van der Waals surface area contributed by atoms with Gasteiger partial charge in [-0.3, -0.25) is 4.21 Å². The summed E-state index contributed by atoms with van der Waals surface area (Å²) in [6.07, 6.45) is 3.76. The van der Waals surface area contributed by atoms with E-state index in [-0.39, 0.29) is 0 Å². The fraction of sp³-hybridized carbons (Fsp3) is 0.800. The molecular weight excluding hydrogens is 182 g/mol. The van der Waals surface area contributed by atoms with Crippen LogP contribution in [0.3, 0.4) is 0 Å². The van der Waals surface area contributed by atoms with Gasteiger partial charge in [0.1, 0.15) is 0 Å². The zero-order valence-corrected chi connectivity index (χ0v) is 9.75. The van der Waals surface area contributed by atoms with Crippen molar-refractivity contribution in [3.63, 3.8) is 0 Å². The van der Waals surface area contributed by atoms with Crippen LogP contribution in [0, 0.1) is 0 Å². The summed E-state index contributed by atoms with van der Waals surface area (Å²) in [5, 5.41) is 3.37. The smallest absolute Gasteiger partial charge is 0.0246 e. The molecule has 0 aromatic carbocycles. The number of hydrogen-bond donors (Lipinski definition) is 1. The van der Waals surface area contributed by atoms with Crippen LogP contribution in [0.4, 0.5) is 0 Å². The summed E-state index contributed by atoms with van der Waals surface area (Å²) >= 11 is 0. The second-order valence-electron chi connectivity index (χ2n) is 3.63. The molecule has 13 heavy (non-hydrogen) atoms. The van der Waals surface area contributed by atoms with Gasteiger partial charge in [-0.15, -0.1) is 6.58 Å². The normalized spacial score (nSPS) is 15.3. The molecule has 0 saturated carbocycles. The van der Waals surface area contributed by atoms with Gasteiger partial charge in [0.25, 0.3) is 0 Å². The highest BCUT2D eigenvalue weighted by Gasteiger charge is 2.01. The number of hydrogen-bond acceptors (Lipinski definition) is 2. The highest BCUT2D eigenvalue weighted by atomic mass is 32.2. The first-order valence-corrected chi connectivity index (χ1v) is 6.43. The van der Waals surface area contributed by atoms with Crippen molar-refractivity contribution in [2.45, 2.75) is 32.7 Å². The molecule has 0 fully saturated rings. The summed E-state index contributed by atoms with van der Waals surface area (Å²) in [5.74, 6) is 0.793. The first-order valence-electron chi connectivity index (χ1n) is 4.70. The van der Waals surface area contributed by atoms with E-state index in [1.54, 1.807) is 6.26 Å². The fourth-order valence-electron chi connectivity index (χ4n) is 0.977. The molecule has 0 saturated heterocycles. The Morgan fingerprint density at radius 1 is 1.62 bits per heavy atom. The lowest BCUT2D eigenvalue weighted by atomic mass is 10.2. The molecule has 0 aliphatic carbocycles. The molecule has 0 heterocycles. The summed E-state index contributed by atoms with van der Waals surface area (Å²) < 4.78 is 10.8. The van der Waals surface area contributed by atoms with E-state index in [0.717, 1.165) is 25.1 Å². The lowest BCUT2D eigenvalue weighted by molar-refractivity contribution is 0.537. The lowest BCUT2D eigenvalue weighted by Crippen LogP contribution is -2.28. The predicted molar refractivity (Wildman–Crippen MR) is 60.4 cm³/mol. The monoisotopic (exact) mass is 203 g/mol. The Morgan fingerprint density at radius 2 is 2.23 bits per heavy atom. The van der Waals surface area contributed by atoms with Crippen LogP contribution in [0.1, 0.15) is 26.7 Å². The van der Waals surface area contributed by atoms with Gasteiger partial charge in [0.2, 0.25) is 0 Å². The van der Waals surface area contributed by atoms with Crippen molar-refractivity contribution < 1.29 is 4.21 Å². The maximum absolute atomic E-state index is 10.8. The van der Waals surface area contributed by atoms with Gasteiger partial charge in [-0.1, -0.05) is 5.57 Å². The SMILES string of the molecule is C=C(C)CCNC(C)CCS(C)=O. The molecule has 0 spiro atoms. The lowest BCUT2D eigenvalue weighted by Gasteiger charge is -2.12. The minimum Gasteiger partial charge on any atom is -0.314 e. The van der Waals surface area contributed by atoms with Crippen LogP contribution >= 0.6 is 0 Å². The molecule has 0 amide bonds. The second kappa shape index (κ2) is 7.27. The summed E-state index contributed by atoms with van der Waals surface area (Å²) in [4.78, 5) is 0. The van der Waals surface area contributed by atoms with Gasteiger partial charge in [-0.2, -0.15) is 0 Å². The molecule has 2 nitrogen and oxygen atoms in total. The standard InChI is InChI=1S/C10H21NOS/c1-9(2)5-7-11-10(3)6-8-13(4)12/h10-11H,1,5-8H2,2-4H3. The van der Waals surface area contributed by atoms with Gasteiger partial charge in [0, 0.05) is 28.9 Å². The Morgan fingerprint density at radius 3 is 2.69 bits per heavy atom. The molecule has 1 N–H and O–H groups in total. The highest BCUT2D eigenvalue weighted by Crippen LogP contribution is 1.96. The van der Waals surface area contributed by atoms with Crippen LogP contribution in [-0.4, -0.2) is 28.8 Å². The van der Waals surface area contributed by atoms with E-state index in [4.69, 9.17) is 0 Å². The zero-order chi connectivity index (χ0) is 10.3. The maximum atomic E-state index is 10.8. The van der Waals surface area contributed by atoms with Crippen molar-refractivity contribution >= 4 is 10.8 Å². The van der Waals surface area contributed by atoms with Crippen LogP contribution in [-0.2, 0) is 10.8 Å². The van der Waals surface area contributed by atoms with Crippen molar-refractivity contribution in [2.75, 3.05) is 18.6 Å². The van der Waals surface area contributed by atoms with Gasteiger partial charge in [-0.05, 0) is 33.2 Å². The Balaban J connectivity index is 3.35. The first-order chi connectivity index (χ1) is 6.02. The summed E-state index contributed by atoms with van der Waals surface area (Å²) in [7, 11) is -0.658. The molecule has 3 heteroatoms. The Hall–Kier alpha value is -0.150. The molecule has 0 bridgehead atoms. The van der Waals surface area contributed by atoms with Crippen LogP contribution in [0.15, 0.2) is 12.2 Å². The molecule has 2 atom stereocenters. The van der Waals surface area contributed by atoms with Crippen LogP contribution in [0.5, 0.6) is 0 Å². The Bertz CT molecular complexity index is 180. The molecule has 78 valence electrons. The summed E-state index contributed by atoms with van der Waals surface area (Å²) in [6.45, 7) is 8.98. The zero-order valence-electron chi connectivity index (χ0n) is 8.93. The van der Waals surface area contributed by atoms with Crippen molar-refractivity contribution in [1.82, 2.24) is 5.32 Å². The first kappa shape index (κ1) is 12.8. The van der Waals surface area contributed by atoms with Gasteiger partial charge in [-0.25, -0.2) is 0 Å². The van der Waals surface area contributed by atoms with E-state index in [9.17, 15) is 4.21 Å². The molecule has 0 aromatic heterocycles. The summed E-state index contributed by atoms with van der Waals surface area (Å²) in [6, 6.07) is 0.461. The van der Waals surface area contributed by atoms with Gasteiger partial charge in [0.05, 0.1) is 0 Å². The van der Waals surface area contributed by atoms with E-state index in [1.165, 1.54) is 5.57 Å². The number of nitrogens with one attached hydrogen (secondary N) is 1. The van der Waals surface area contributed by atoms with E-state index < -0.39 is 10.8 Å². The van der Waals surface area contributed by atoms with E-state index in [0.29, 0.717) is 6.04 Å². The highest BCUT2D eigenvalue weighted by molar-refractivity contribution is 7.84. The summed E-state index contributed by atoms with van der Waals surface area (Å²) in [5.41, 5.74) is 1.21. The third kappa shape index (κ3) is 9.77. The topological polar surface area (TPSA) is 29.1 Å². The second-order valence-corrected chi connectivity index (χ2v) is 5.18. The molecular formula is C10H21NOS. The fourth-order valence-corrected chi connectivity index (χ4v) is 1.66. The van der Waals surface area contributed by atoms with Crippen molar-refractivity contribution in [2.24, 2.45) is 0 Å². The molecule has 0 radical (unpaired) electrons. The third-order valence-corrected chi connectivity index (χ3v) is 2.69. The maximum Gasteiger partial charge on any atom is 0.0246 e. The van der Waals surface area contributed by atoms with Crippen molar-refractivity contribution in [1.29, 1.82) is 0 Å². The molecule has 0 aliphatic heterocycles. The van der Waals surface area contributed by atoms with Crippen LogP contribution in [0.25, 0.3) is 0 Å². The molecule has 2 unspecified atom stereocenters. The average molecular weight is 203 g/mol. The Labute approximate surface area is 84.3 Å². The molecule has 0 aromatic rings. The van der Waals surface area contributed by atoms with Crippen LogP contribution in [0.2, 0.25) is 0 Å². The predicted octanol–water partition coefficient (Wildman–Crippen LogP) is 1.70. The minimum absolute atomic E-state index is 0.461. The van der Waals surface area contributed by atoms with Crippen molar-refractivity contribution in [3.05, 3.63) is 12.2 Å². The van der Waals surface area contributed by atoms with E-state index >= 15 is 0 Å². The minimum atomic E-state index is -0.658. The van der Waals surface area contributed by atoms with Gasteiger partial charge >= 0.3 is 0 Å². The average Bonchev–Trinajstić information content (AvgIpc) is 2.00. The molecule has 0 aliphatic rings. The largest absolute Gasteiger partial charge is 0.314 e. The van der Waals surface area contributed by atoms with Gasteiger partial charge < -0.3 is 5.32 Å². The molecule has 0 rings (SSSR count). The Kier molecular flexibility index (Phi) is 7.19. The van der Waals surface area contributed by atoms with Gasteiger partial charge in [0.15, 0.2) is 0 Å². The van der Waals surface area contributed by atoms with Crippen LogP contribution < -0.4 is 5.32 Å². The third-order valence-electron chi connectivity index (χ3n) is 1.88. The van der Waals surface area contributed by atoms with E-state index in [2.05, 4.69) is 18.8 Å². The quantitative estimate of drug-likeness (QED) is 0.638.